The van der Waals surface area contributed by atoms with Crippen LogP contribution in [0.15, 0.2) is 60.7 Å². The molecule has 0 fully saturated rings. The minimum atomic E-state index is -0.749. The number of rotatable bonds is 8. The van der Waals surface area contributed by atoms with Crippen molar-refractivity contribution in [3.8, 4) is 0 Å². The van der Waals surface area contributed by atoms with E-state index in [1.54, 1.807) is 0 Å². The number of aliphatic hydroxyl groups excluding tert-OH is 1. The van der Waals surface area contributed by atoms with Crippen LogP contribution in [0.5, 0.6) is 0 Å². The summed E-state index contributed by atoms with van der Waals surface area (Å²) in [7, 11) is 0. The van der Waals surface area contributed by atoms with Crippen LogP contribution in [0.3, 0.4) is 0 Å². The molecule has 146 valence electrons. The Morgan fingerprint density at radius 3 is 2.11 bits per heavy atom. The lowest BCUT2D eigenvalue weighted by Crippen LogP contribution is -2.49. The number of ether oxygens (including phenoxy) is 1. The van der Waals surface area contributed by atoms with Gasteiger partial charge in [0.1, 0.15) is 5.60 Å². The maximum atomic E-state index is 12.2. The van der Waals surface area contributed by atoms with Gasteiger partial charge < -0.3 is 20.5 Å². The fraction of sp³-hybridized carbons (Fsp3) is 0.409. The van der Waals surface area contributed by atoms with E-state index < -0.39 is 23.8 Å². The van der Waals surface area contributed by atoms with Gasteiger partial charge in [0.2, 0.25) is 0 Å². The van der Waals surface area contributed by atoms with E-state index >= 15 is 0 Å². The van der Waals surface area contributed by atoms with Gasteiger partial charge in [-0.1, -0.05) is 60.7 Å². The molecule has 0 saturated heterocycles. The molecule has 2 rings (SSSR count). The van der Waals surface area contributed by atoms with Crippen LogP contribution in [-0.4, -0.2) is 35.5 Å². The average Bonchev–Trinajstić information content (AvgIpc) is 2.61. The lowest BCUT2D eigenvalue weighted by atomic mass is 10.0. The zero-order valence-electron chi connectivity index (χ0n) is 16.3. The van der Waals surface area contributed by atoms with Gasteiger partial charge in [0.05, 0.1) is 12.1 Å². The van der Waals surface area contributed by atoms with Gasteiger partial charge in [-0.3, -0.25) is 0 Å². The minimum absolute atomic E-state index is 0.363. The van der Waals surface area contributed by atoms with Crippen molar-refractivity contribution in [2.45, 2.75) is 51.5 Å². The molecular formula is C22H30N2O3. The second-order valence-corrected chi connectivity index (χ2v) is 7.63. The SMILES string of the molecule is CC(C)(C)OC(=O)N[C@H](Cc1ccccc1)[C@H](O)CNCc1ccccc1. The van der Waals surface area contributed by atoms with Gasteiger partial charge in [-0.25, -0.2) is 4.79 Å². The smallest absolute Gasteiger partial charge is 0.407 e. The summed E-state index contributed by atoms with van der Waals surface area (Å²) in [5.74, 6) is 0. The van der Waals surface area contributed by atoms with Crippen molar-refractivity contribution in [2.75, 3.05) is 6.54 Å². The molecular weight excluding hydrogens is 340 g/mol. The molecule has 2 aromatic carbocycles. The zero-order valence-corrected chi connectivity index (χ0v) is 16.3. The largest absolute Gasteiger partial charge is 0.444 e. The van der Waals surface area contributed by atoms with Crippen LogP contribution < -0.4 is 10.6 Å². The van der Waals surface area contributed by atoms with Crippen LogP contribution in [0.4, 0.5) is 4.79 Å². The first-order chi connectivity index (χ1) is 12.8. The first-order valence-corrected chi connectivity index (χ1v) is 9.29. The molecule has 5 heteroatoms. The molecule has 0 aliphatic carbocycles. The summed E-state index contributed by atoms with van der Waals surface area (Å²) in [5.41, 5.74) is 1.60. The van der Waals surface area contributed by atoms with E-state index in [1.165, 1.54) is 0 Å². The molecule has 5 nitrogen and oxygen atoms in total. The third-order valence-electron chi connectivity index (χ3n) is 3.99. The summed E-state index contributed by atoms with van der Waals surface area (Å²) in [6.45, 7) is 6.47. The van der Waals surface area contributed by atoms with E-state index in [-0.39, 0.29) is 0 Å². The quantitative estimate of drug-likeness (QED) is 0.667. The predicted molar refractivity (Wildman–Crippen MR) is 107 cm³/mol. The van der Waals surface area contributed by atoms with Crippen LogP contribution in [0.1, 0.15) is 31.9 Å². The molecule has 1 amide bonds. The van der Waals surface area contributed by atoms with Gasteiger partial charge in [-0.2, -0.15) is 0 Å². The normalized spacial score (nSPS) is 13.6. The molecule has 0 aliphatic rings. The third-order valence-corrected chi connectivity index (χ3v) is 3.99. The molecule has 2 atom stereocenters. The fourth-order valence-corrected chi connectivity index (χ4v) is 2.71. The number of hydrogen-bond acceptors (Lipinski definition) is 4. The molecule has 0 bridgehead atoms. The summed E-state index contributed by atoms with van der Waals surface area (Å²) in [5, 5.41) is 16.7. The Kier molecular flexibility index (Phi) is 7.82. The van der Waals surface area contributed by atoms with Gasteiger partial charge in [0.15, 0.2) is 0 Å². The number of hydrogen-bond donors (Lipinski definition) is 3. The van der Waals surface area contributed by atoms with Crippen LogP contribution in [0, 0.1) is 0 Å². The first kappa shape index (κ1) is 20.9. The van der Waals surface area contributed by atoms with E-state index in [9.17, 15) is 9.90 Å². The fourth-order valence-electron chi connectivity index (χ4n) is 2.71. The van der Waals surface area contributed by atoms with Gasteiger partial charge >= 0.3 is 6.09 Å². The standard InChI is InChI=1S/C22H30N2O3/c1-22(2,3)27-21(26)24-19(14-17-10-6-4-7-11-17)20(25)16-23-15-18-12-8-5-9-13-18/h4-13,19-20,23,25H,14-16H2,1-3H3,(H,24,26)/t19-,20-/m1/s1. The Hall–Kier alpha value is -2.37. The Bertz CT molecular complexity index is 684. The van der Waals surface area contributed by atoms with Gasteiger partial charge in [-0.05, 0) is 38.3 Å². The summed E-state index contributed by atoms with van der Waals surface area (Å²) in [4.78, 5) is 12.2. The number of alkyl carbamates (subject to hydrolysis) is 1. The van der Waals surface area contributed by atoms with Crippen LogP contribution in [0.25, 0.3) is 0 Å². The molecule has 27 heavy (non-hydrogen) atoms. The van der Waals surface area contributed by atoms with E-state index in [0.717, 1.165) is 11.1 Å². The summed E-state index contributed by atoms with van der Waals surface area (Å²) >= 11 is 0. The van der Waals surface area contributed by atoms with Crippen molar-refractivity contribution in [1.29, 1.82) is 0 Å². The lowest BCUT2D eigenvalue weighted by Gasteiger charge is -2.27. The highest BCUT2D eigenvalue weighted by atomic mass is 16.6. The zero-order chi connectivity index (χ0) is 19.7. The minimum Gasteiger partial charge on any atom is -0.444 e. The molecule has 0 aliphatic heterocycles. The second-order valence-electron chi connectivity index (χ2n) is 7.63. The van der Waals surface area contributed by atoms with Crippen LogP contribution >= 0.6 is 0 Å². The summed E-state index contributed by atoms with van der Waals surface area (Å²) in [6.07, 6.45) is -0.749. The molecule has 0 aromatic heterocycles. The van der Waals surface area contributed by atoms with Crippen molar-refractivity contribution in [1.82, 2.24) is 10.6 Å². The van der Waals surface area contributed by atoms with Gasteiger partial charge in [-0.15, -0.1) is 0 Å². The number of carbonyl (C=O) groups excluding carboxylic acids is 1. The highest BCUT2D eigenvalue weighted by molar-refractivity contribution is 5.68. The first-order valence-electron chi connectivity index (χ1n) is 9.29. The number of benzene rings is 2. The molecule has 0 spiro atoms. The van der Waals surface area contributed by atoms with E-state index in [2.05, 4.69) is 10.6 Å². The predicted octanol–water partition coefficient (Wildman–Crippen LogP) is 3.27. The van der Waals surface area contributed by atoms with E-state index in [4.69, 9.17) is 4.74 Å². The Balaban J connectivity index is 1.95. The molecule has 2 aromatic rings. The number of amides is 1. The Morgan fingerprint density at radius 2 is 1.56 bits per heavy atom. The maximum Gasteiger partial charge on any atom is 0.407 e. The Morgan fingerprint density at radius 1 is 1.00 bits per heavy atom. The summed E-state index contributed by atoms with van der Waals surface area (Å²) < 4.78 is 5.35. The molecule has 3 N–H and O–H groups in total. The summed E-state index contributed by atoms with van der Waals surface area (Å²) in [6, 6.07) is 19.3. The van der Waals surface area contributed by atoms with Crippen LogP contribution in [-0.2, 0) is 17.7 Å². The molecule has 0 heterocycles. The van der Waals surface area contributed by atoms with Crippen molar-refractivity contribution >= 4 is 6.09 Å². The molecule has 0 radical (unpaired) electrons. The van der Waals surface area contributed by atoms with Crippen molar-refractivity contribution in [3.05, 3.63) is 71.8 Å². The van der Waals surface area contributed by atoms with Gasteiger partial charge in [0.25, 0.3) is 0 Å². The monoisotopic (exact) mass is 370 g/mol. The Labute approximate surface area is 161 Å². The van der Waals surface area contributed by atoms with Crippen LogP contribution in [0.2, 0.25) is 0 Å². The topological polar surface area (TPSA) is 70.6 Å². The second kappa shape index (κ2) is 10.1. The van der Waals surface area contributed by atoms with E-state index in [0.29, 0.717) is 19.5 Å². The average molecular weight is 370 g/mol. The van der Waals surface area contributed by atoms with Crippen molar-refractivity contribution < 1.29 is 14.6 Å². The lowest BCUT2D eigenvalue weighted by molar-refractivity contribution is 0.0422. The molecule has 0 saturated carbocycles. The van der Waals surface area contributed by atoms with E-state index in [1.807, 2.05) is 81.4 Å². The highest BCUT2D eigenvalue weighted by Gasteiger charge is 2.24. The van der Waals surface area contributed by atoms with Crippen molar-refractivity contribution in [3.63, 3.8) is 0 Å². The number of aliphatic hydroxyl groups is 1. The number of carbonyl (C=O) groups is 1. The van der Waals surface area contributed by atoms with Gasteiger partial charge in [0, 0.05) is 13.1 Å². The third kappa shape index (κ3) is 8.24. The highest BCUT2D eigenvalue weighted by Crippen LogP contribution is 2.10. The molecule has 0 unspecified atom stereocenters. The maximum absolute atomic E-state index is 12.2. The van der Waals surface area contributed by atoms with Crippen molar-refractivity contribution in [2.24, 2.45) is 0 Å². The number of nitrogens with one attached hydrogen (secondary N) is 2.